The molecule has 6 heteroatoms. The molecule has 4 N–H and O–H groups in total. The SMILES string of the molecule is NCC1(CN)CCC(Cl)(Cl)C1(Cl)Cl. The summed E-state index contributed by atoms with van der Waals surface area (Å²) >= 11 is 24.2. The van der Waals surface area contributed by atoms with E-state index in [2.05, 4.69) is 0 Å². The summed E-state index contributed by atoms with van der Waals surface area (Å²) in [5.41, 5.74) is 10.6. The van der Waals surface area contributed by atoms with Gasteiger partial charge in [-0.2, -0.15) is 0 Å². The van der Waals surface area contributed by atoms with Crippen LogP contribution in [0.15, 0.2) is 0 Å². The van der Waals surface area contributed by atoms with Gasteiger partial charge in [0.1, 0.15) is 0 Å². The predicted octanol–water partition coefficient (Wildman–Crippen LogP) is 2.03. The third-order valence-electron chi connectivity index (χ3n) is 2.82. The van der Waals surface area contributed by atoms with Crippen LogP contribution in [0.3, 0.4) is 0 Å². The second-order valence-electron chi connectivity index (χ2n) is 3.47. The Morgan fingerprint density at radius 3 is 1.54 bits per heavy atom. The summed E-state index contributed by atoms with van der Waals surface area (Å²) in [6, 6.07) is 0. The topological polar surface area (TPSA) is 52.0 Å². The molecule has 1 rings (SSSR count). The van der Waals surface area contributed by atoms with E-state index in [0.717, 1.165) is 0 Å². The fourth-order valence-corrected chi connectivity index (χ4v) is 2.92. The number of alkyl halides is 4. The molecule has 0 atom stereocenters. The van der Waals surface area contributed by atoms with Crippen LogP contribution in [0.5, 0.6) is 0 Å². The summed E-state index contributed by atoms with van der Waals surface area (Å²) < 4.78 is -2.43. The summed E-state index contributed by atoms with van der Waals surface area (Å²) in [7, 11) is 0. The molecule has 13 heavy (non-hydrogen) atoms. The van der Waals surface area contributed by atoms with Gasteiger partial charge in [-0.1, -0.05) is 46.4 Å². The minimum atomic E-state index is -1.27. The standard InChI is InChI=1S/C7H12Cl4N2/c8-6(9)2-1-5(3-12,4-13)7(6,10)11/h1-4,12-13H2. The molecule has 0 aromatic carbocycles. The van der Waals surface area contributed by atoms with Crippen LogP contribution in [-0.2, 0) is 0 Å². The van der Waals surface area contributed by atoms with E-state index in [9.17, 15) is 0 Å². The number of rotatable bonds is 2. The first kappa shape index (κ1) is 12.2. The van der Waals surface area contributed by atoms with Crippen LogP contribution in [0.2, 0.25) is 0 Å². The fourth-order valence-electron chi connectivity index (χ4n) is 1.64. The maximum atomic E-state index is 6.12. The van der Waals surface area contributed by atoms with Crippen LogP contribution < -0.4 is 11.5 Å². The Bertz CT molecular complexity index is 201. The zero-order valence-corrected chi connectivity index (χ0v) is 10.0. The van der Waals surface area contributed by atoms with Gasteiger partial charge in [0.05, 0.1) is 0 Å². The van der Waals surface area contributed by atoms with Gasteiger partial charge in [-0.05, 0) is 12.8 Å². The van der Waals surface area contributed by atoms with Crippen molar-refractivity contribution in [3.63, 3.8) is 0 Å². The molecule has 1 fully saturated rings. The summed E-state index contributed by atoms with van der Waals surface area (Å²) in [5.74, 6) is 0. The lowest BCUT2D eigenvalue weighted by Crippen LogP contribution is -2.52. The van der Waals surface area contributed by atoms with Gasteiger partial charge >= 0.3 is 0 Å². The monoisotopic (exact) mass is 264 g/mol. The molecule has 1 aliphatic carbocycles. The Morgan fingerprint density at radius 2 is 1.38 bits per heavy atom. The molecule has 0 aromatic heterocycles. The van der Waals surface area contributed by atoms with E-state index in [1.165, 1.54) is 0 Å². The summed E-state index contributed by atoms with van der Waals surface area (Å²) in [4.78, 5) is 0. The van der Waals surface area contributed by atoms with Crippen molar-refractivity contribution in [2.45, 2.75) is 21.5 Å². The van der Waals surface area contributed by atoms with Crippen LogP contribution in [0.4, 0.5) is 0 Å². The normalized spacial score (nSPS) is 29.1. The number of halogens is 4. The molecule has 0 radical (unpaired) electrons. The van der Waals surface area contributed by atoms with Gasteiger partial charge in [0.25, 0.3) is 0 Å². The quantitative estimate of drug-likeness (QED) is 0.751. The Balaban J connectivity index is 3.05. The molecular formula is C7H12Cl4N2. The largest absolute Gasteiger partial charge is 0.330 e. The van der Waals surface area contributed by atoms with Crippen LogP contribution >= 0.6 is 46.4 Å². The summed E-state index contributed by atoms with van der Waals surface area (Å²) in [6.07, 6.45) is 1.16. The van der Waals surface area contributed by atoms with E-state index >= 15 is 0 Å². The Labute approximate surface area is 97.8 Å². The summed E-state index contributed by atoms with van der Waals surface area (Å²) in [5, 5.41) is 0. The molecule has 0 aromatic rings. The molecule has 0 bridgehead atoms. The van der Waals surface area contributed by atoms with Gasteiger partial charge in [-0.3, -0.25) is 0 Å². The molecule has 1 aliphatic rings. The zero-order valence-electron chi connectivity index (χ0n) is 6.99. The van der Waals surface area contributed by atoms with Crippen LogP contribution in [-0.4, -0.2) is 21.8 Å². The van der Waals surface area contributed by atoms with E-state index in [4.69, 9.17) is 57.9 Å². The minimum Gasteiger partial charge on any atom is -0.330 e. The molecule has 1 saturated carbocycles. The maximum absolute atomic E-state index is 6.12. The Hall–Kier alpha value is 1.08. The number of hydrogen-bond donors (Lipinski definition) is 2. The van der Waals surface area contributed by atoms with Crippen LogP contribution in [0.25, 0.3) is 0 Å². The van der Waals surface area contributed by atoms with E-state index < -0.39 is 14.1 Å². The third kappa shape index (κ3) is 1.56. The number of nitrogens with two attached hydrogens (primary N) is 2. The molecule has 0 unspecified atom stereocenters. The van der Waals surface area contributed by atoms with Crippen molar-refractivity contribution in [3.05, 3.63) is 0 Å². The van der Waals surface area contributed by atoms with Crippen molar-refractivity contribution < 1.29 is 0 Å². The lowest BCUT2D eigenvalue weighted by molar-refractivity contribution is 0.301. The van der Waals surface area contributed by atoms with Crippen LogP contribution in [0, 0.1) is 5.41 Å². The van der Waals surface area contributed by atoms with Gasteiger partial charge in [0, 0.05) is 18.5 Å². The zero-order chi connectivity index (χ0) is 10.3. The molecule has 0 aliphatic heterocycles. The van der Waals surface area contributed by atoms with E-state index in [-0.39, 0.29) is 13.1 Å². The van der Waals surface area contributed by atoms with Gasteiger partial charge in [0.2, 0.25) is 0 Å². The smallest absolute Gasteiger partial charge is 0.158 e. The average Bonchev–Trinajstić information content (AvgIpc) is 2.22. The van der Waals surface area contributed by atoms with Crippen molar-refractivity contribution in [3.8, 4) is 0 Å². The molecule has 0 amide bonds. The van der Waals surface area contributed by atoms with Gasteiger partial charge in [-0.15, -0.1) is 0 Å². The number of hydrogen-bond acceptors (Lipinski definition) is 2. The van der Waals surface area contributed by atoms with Gasteiger partial charge in [0.15, 0.2) is 8.67 Å². The summed E-state index contributed by atoms with van der Waals surface area (Å²) in [6.45, 7) is 0.579. The van der Waals surface area contributed by atoms with Crippen molar-refractivity contribution >= 4 is 46.4 Å². The van der Waals surface area contributed by atoms with Gasteiger partial charge < -0.3 is 11.5 Å². The van der Waals surface area contributed by atoms with Crippen molar-refractivity contribution in [2.75, 3.05) is 13.1 Å². The molecule has 0 spiro atoms. The van der Waals surface area contributed by atoms with Crippen molar-refractivity contribution in [2.24, 2.45) is 16.9 Å². The van der Waals surface area contributed by atoms with Crippen molar-refractivity contribution in [1.82, 2.24) is 0 Å². The highest BCUT2D eigenvalue weighted by Crippen LogP contribution is 2.62. The van der Waals surface area contributed by atoms with Crippen LogP contribution in [0.1, 0.15) is 12.8 Å². The maximum Gasteiger partial charge on any atom is 0.158 e. The van der Waals surface area contributed by atoms with E-state index in [1.54, 1.807) is 0 Å². The highest BCUT2D eigenvalue weighted by molar-refractivity contribution is 6.63. The molecule has 2 nitrogen and oxygen atoms in total. The van der Waals surface area contributed by atoms with Gasteiger partial charge in [-0.25, -0.2) is 0 Å². The first-order valence-electron chi connectivity index (χ1n) is 3.99. The van der Waals surface area contributed by atoms with E-state index in [0.29, 0.717) is 12.8 Å². The molecule has 0 saturated heterocycles. The predicted molar refractivity (Wildman–Crippen MR) is 58.6 cm³/mol. The lowest BCUT2D eigenvalue weighted by atomic mass is 9.85. The Morgan fingerprint density at radius 1 is 0.923 bits per heavy atom. The second kappa shape index (κ2) is 3.58. The third-order valence-corrected chi connectivity index (χ3v) is 5.60. The second-order valence-corrected chi connectivity index (χ2v) is 6.28. The fraction of sp³-hybridized carbons (Fsp3) is 1.00. The lowest BCUT2D eigenvalue weighted by Gasteiger charge is -2.39. The highest BCUT2D eigenvalue weighted by Gasteiger charge is 2.64. The Kier molecular flexibility index (Phi) is 3.35. The minimum absolute atomic E-state index is 0.289. The van der Waals surface area contributed by atoms with Crippen molar-refractivity contribution in [1.29, 1.82) is 0 Å². The highest BCUT2D eigenvalue weighted by atomic mass is 35.5. The molecular weight excluding hydrogens is 254 g/mol. The van der Waals surface area contributed by atoms with E-state index in [1.807, 2.05) is 0 Å². The first-order chi connectivity index (χ1) is 5.83. The molecule has 0 heterocycles. The first-order valence-corrected chi connectivity index (χ1v) is 5.50. The molecule has 78 valence electrons. The average molecular weight is 266 g/mol.